The molecule has 1 aliphatic carbocycles. The van der Waals surface area contributed by atoms with Crippen LogP contribution in [0.5, 0.6) is 0 Å². The molecule has 0 saturated carbocycles. The van der Waals surface area contributed by atoms with Crippen LogP contribution in [0.25, 0.3) is 0 Å². The molecular weight excluding hydrogens is 228 g/mol. The standard InChI is InChI=1S/C15H22O3/c1-10-5-4-6-11(2)9-14(16)13(8-7-10)12(3)15(17)18/h6-7,13-14,16H,3-5,8-9H2,1-2H3,(H,17,18)/t13-,14-/m1/s1. The van der Waals surface area contributed by atoms with Crippen LogP contribution in [0, 0.1) is 5.92 Å². The number of allylic oxidation sites excluding steroid dienone is 3. The van der Waals surface area contributed by atoms with Crippen LogP contribution in [0.3, 0.4) is 0 Å². The fourth-order valence-electron chi connectivity index (χ4n) is 2.22. The van der Waals surface area contributed by atoms with Crippen molar-refractivity contribution in [3.63, 3.8) is 0 Å². The summed E-state index contributed by atoms with van der Waals surface area (Å²) in [5.41, 5.74) is 2.44. The number of hydrogen-bond acceptors (Lipinski definition) is 2. The Labute approximate surface area is 109 Å². The van der Waals surface area contributed by atoms with Gasteiger partial charge in [0.25, 0.3) is 0 Å². The topological polar surface area (TPSA) is 57.5 Å². The fourth-order valence-corrected chi connectivity index (χ4v) is 2.22. The monoisotopic (exact) mass is 250 g/mol. The van der Waals surface area contributed by atoms with Gasteiger partial charge in [0.2, 0.25) is 0 Å². The molecule has 1 rings (SSSR count). The minimum Gasteiger partial charge on any atom is -0.478 e. The molecule has 0 saturated heterocycles. The Kier molecular flexibility index (Phi) is 5.35. The zero-order chi connectivity index (χ0) is 13.7. The summed E-state index contributed by atoms with van der Waals surface area (Å²) in [4.78, 5) is 11.0. The minimum atomic E-state index is -1.02. The summed E-state index contributed by atoms with van der Waals surface area (Å²) < 4.78 is 0. The van der Waals surface area contributed by atoms with Crippen molar-refractivity contribution in [2.45, 2.75) is 45.6 Å². The molecule has 0 aliphatic heterocycles. The van der Waals surface area contributed by atoms with Gasteiger partial charge < -0.3 is 10.2 Å². The molecule has 3 heteroatoms. The van der Waals surface area contributed by atoms with Crippen molar-refractivity contribution in [2.75, 3.05) is 0 Å². The molecule has 0 aromatic carbocycles. The SMILES string of the molecule is C=C(C(=O)O)[C@H]1CC=C(C)CCC=C(C)C[C@H]1O. The Balaban J connectivity index is 2.94. The lowest BCUT2D eigenvalue weighted by Gasteiger charge is -2.23. The van der Waals surface area contributed by atoms with E-state index in [0.717, 1.165) is 18.4 Å². The Hall–Kier alpha value is -1.35. The molecule has 0 radical (unpaired) electrons. The fraction of sp³-hybridized carbons (Fsp3) is 0.533. The second kappa shape index (κ2) is 6.55. The van der Waals surface area contributed by atoms with Crippen molar-refractivity contribution >= 4 is 5.97 Å². The van der Waals surface area contributed by atoms with E-state index >= 15 is 0 Å². The molecule has 0 amide bonds. The van der Waals surface area contributed by atoms with Crippen LogP contribution in [0.1, 0.15) is 39.5 Å². The summed E-state index contributed by atoms with van der Waals surface area (Å²) in [7, 11) is 0. The molecule has 0 aromatic rings. The lowest BCUT2D eigenvalue weighted by Crippen LogP contribution is -2.25. The molecule has 0 fully saturated rings. The number of aliphatic hydroxyl groups is 1. The normalized spacial score (nSPS) is 25.9. The average molecular weight is 250 g/mol. The van der Waals surface area contributed by atoms with Gasteiger partial charge in [-0.1, -0.05) is 29.9 Å². The first kappa shape index (κ1) is 14.7. The van der Waals surface area contributed by atoms with Crippen LogP contribution >= 0.6 is 0 Å². The smallest absolute Gasteiger partial charge is 0.331 e. The number of carbonyl (C=O) groups is 1. The van der Waals surface area contributed by atoms with Crippen LogP contribution in [-0.2, 0) is 4.79 Å². The summed E-state index contributed by atoms with van der Waals surface area (Å²) in [5, 5.41) is 19.2. The van der Waals surface area contributed by atoms with Gasteiger partial charge in [-0.05, 0) is 39.5 Å². The van der Waals surface area contributed by atoms with Crippen molar-refractivity contribution in [1.29, 1.82) is 0 Å². The van der Waals surface area contributed by atoms with Crippen LogP contribution in [0.2, 0.25) is 0 Å². The molecule has 0 spiro atoms. The maximum atomic E-state index is 11.0. The van der Waals surface area contributed by atoms with Crippen molar-refractivity contribution in [1.82, 2.24) is 0 Å². The zero-order valence-corrected chi connectivity index (χ0v) is 11.1. The highest BCUT2D eigenvalue weighted by Gasteiger charge is 2.25. The Morgan fingerprint density at radius 1 is 1.33 bits per heavy atom. The van der Waals surface area contributed by atoms with Crippen LogP contribution in [0.15, 0.2) is 35.5 Å². The van der Waals surface area contributed by atoms with E-state index in [1.165, 1.54) is 5.57 Å². The van der Waals surface area contributed by atoms with Crippen molar-refractivity contribution in [3.8, 4) is 0 Å². The van der Waals surface area contributed by atoms with Crippen molar-refractivity contribution < 1.29 is 15.0 Å². The quantitative estimate of drug-likeness (QED) is 0.585. The van der Waals surface area contributed by atoms with Gasteiger partial charge >= 0.3 is 5.97 Å². The van der Waals surface area contributed by atoms with Gasteiger partial charge in [-0.3, -0.25) is 0 Å². The molecule has 3 nitrogen and oxygen atoms in total. The number of carboxylic acids is 1. The number of aliphatic hydroxyl groups excluding tert-OH is 1. The lowest BCUT2D eigenvalue weighted by atomic mass is 9.86. The van der Waals surface area contributed by atoms with E-state index in [0.29, 0.717) is 12.8 Å². The van der Waals surface area contributed by atoms with E-state index in [1.807, 2.05) is 19.9 Å². The highest BCUT2D eigenvalue weighted by atomic mass is 16.4. The maximum Gasteiger partial charge on any atom is 0.331 e. The first-order valence-electron chi connectivity index (χ1n) is 6.33. The molecule has 2 N–H and O–H groups in total. The molecule has 0 bridgehead atoms. The van der Waals surface area contributed by atoms with Gasteiger partial charge in [-0.15, -0.1) is 0 Å². The molecule has 1 aliphatic rings. The summed E-state index contributed by atoms with van der Waals surface area (Å²) in [6.07, 6.45) is 6.50. The third kappa shape index (κ3) is 4.15. The zero-order valence-electron chi connectivity index (χ0n) is 11.1. The number of hydrogen-bond donors (Lipinski definition) is 2. The van der Waals surface area contributed by atoms with Crippen LogP contribution in [0.4, 0.5) is 0 Å². The molecule has 0 unspecified atom stereocenters. The van der Waals surface area contributed by atoms with E-state index in [1.54, 1.807) is 0 Å². The Bertz CT molecular complexity index is 391. The first-order valence-corrected chi connectivity index (χ1v) is 6.33. The molecule has 18 heavy (non-hydrogen) atoms. The highest BCUT2D eigenvalue weighted by molar-refractivity contribution is 5.86. The molecule has 2 atom stereocenters. The third-order valence-electron chi connectivity index (χ3n) is 3.47. The number of carboxylic acid groups (broad SMARTS) is 1. The predicted octanol–water partition coefficient (Wildman–Crippen LogP) is 3.07. The van der Waals surface area contributed by atoms with E-state index in [9.17, 15) is 9.90 Å². The van der Waals surface area contributed by atoms with Crippen LogP contribution in [-0.4, -0.2) is 22.3 Å². The number of rotatable bonds is 2. The second-order valence-corrected chi connectivity index (χ2v) is 5.08. The van der Waals surface area contributed by atoms with Gasteiger partial charge in [0.1, 0.15) is 0 Å². The highest BCUT2D eigenvalue weighted by Crippen LogP contribution is 2.26. The number of aliphatic carboxylic acids is 1. The average Bonchev–Trinajstić information content (AvgIpc) is 2.27. The molecule has 0 aromatic heterocycles. The molecule has 0 heterocycles. The Morgan fingerprint density at radius 2 is 2.00 bits per heavy atom. The van der Waals surface area contributed by atoms with E-state index in [-0.39, 0.29) is 5.57 Å². The van der Waals surface area contributed by atoms with Gasteiger partial charge in [-0.2, -0.15) is 0 Å². The van der Waals surface area contributed by atoms with Gasteiger partial charge in [0.15, 0.2) is 0 Å². The maximum absolute atomic E-state index is 11.0. The van der Waals surface area contributed by atoms with Gasteiger partial charge in [0.05, 0.1) is 6.10 Å². The minimum absolute atomic E-state index is 0.0972. The summed E-state index contributed by atoms with van der Waals surface area (Å²) in [5.74, 6) is -1.43. The van der Waals surface area contributed by atoms with Gasteiger partial charge in [-0.25, -0.2) is 4.79 Å². The lowest BCUT2D eigenvalue weighted by molar-refractivity contribution is -0.133. The second-order valence-electron chi connectivity index (χ2n) is 5.08. The summed E-state index contributed by atoms with van der Waals surface area (Å²) in [6.45, 7) is 7.61. The largest absolute Gasteiger partial charge is 0.478 e. The van der Waals surface area contributed by atoms with Crippen molar-refractivity contribution in [2.24, 2.45) is 5.92 Å². The first-order chi connectivity index (χ1) is 8.41. The van der Waals surface area contributed by atoms with E-state index in [2.05, 4.69) is 12.7 Å². The Morgan fingerprint density at radius 3 is 2.61 bits per heavy atom. The van der Waals surface area contributed by atoms with Gasteiger partial charge in [0, 0.05) is 11.5 Å². The van der Waals surface area contributed by atoms with E-state index in [4.69, 9.17) is 5.11 Å². The molecular formula is C15H22O3. The summed E-state index contributed by atoms with van der Waals surface area (Å²) >= 11 is 0. The third-order valence-corrected chi connectivity index (χ3v) is 3.47. The van der Waals surface area contributed by atoms with Crippen LogP contribution < -0.4 is 0 Å². The predicted molar refractivity (Wildman–Crippen MR) is 72.3 cm³/mol. The molecule has 100 valence electrons. The van der Waals surface area contributed by atoms with E-state index < -0.39 is 18.0 Å². The van der Waals surface area contributed by atoms with Crippen molar-refractivity contribution in [3.05, 3.63) is 35.5 Å². The summed E-state index contributed by atoms with van der Waals surface area (Å²) in [6, 6.07) is 0.